The molecule has 2 aromatic heterocycles. The first-order valence-corrected chi connectivity index (χ1v) is 16.4. The van der Waals surface area contributed by atoms with Gasteiger partial charge in [-0.1, -0.05) is 88.6 Å². The summed E-state index contributed by atoms with van der Waals surface area (Å²) in [4.78, 5) is 14.8. The molecular weight excluding hydrogens is 635 g/mol. The molecule has 8 rings (SSSR count). The molecule has 8 aromatic rings. The summed E-state index contributed by atoms with van der Waals surface area (Å²) in [5.41, 5.74) is 7.34. The number of para-hydroxylation sites is 1. The van der Waals surface area contributed by atoms with Crippen LogP contribution in [0.4, 0.5) is 0 Å². The minimum atomic E-state index is 0.136. The van der Waals surface area contributed by atoms with Crippen LogP contribution in [0.2, 0.25) is 0 Å². The van der Waals surface area contributed by atoms with Gasteiger partial charge in [0, 0.05) is 33.0 Å². The van der Waals surface area contributed by atoms with Crippen LogP contribution in [0.1, 0.15) is 0 Å². The van der Waals surface area contributed by atoms with Gasteiger partial charge in [0.2, 0.25) is 0 Å². The molecule has 53 heavy (non-hydrogen) atoms. The van der Waals surface area contributed by atoms with Gasteiger partial charge in [0.15, 0.2) is 17.5 Å². The first-order chi connectivity index (χ1) is 25.4. The fraction of sp³-hybridized carbons (Fsp3) is 0. The van der Waals surface area contributed by atoms with Crippen LogP contribution in [0, 0.1) is 0 Å². The molecule has 0 unspecified atom stereocenters. The lowest BCUT2D eigenvalue weighted by Gasteiger charge is -2.21. The molecule has 0 amide bonds. The fourth-order valence-corrected chi connectivity index (χ4v) is 6.60. The van der Waals surface area contributed by atoms with Crippen molar-refractivity contribution in [3.63, 3.8) is 0 Å². The molecule has 14 heteroatoms. The van der Waals surface area contributed by atoms with E-state index in [1.807, 2.05) is 91.0 Å². The molecule has 0 aliphatic rings. The van der Waals surface area contributed by atoms with Crippen molar-refractivity contribution < 1.29 is 4.42 Å². The number of aromatic nitrogens is 3. The minimum Gasteiger partial charge on any atom is -0.455 e. The number of furan rings is 1. The van der Waals surface area contributed by atoms with E-state index in [0.29, 0.717) is 56.5 Å². The van der Waals surface area contributed by atoms with Crippen LogP contribution >= 0.6 is 0 Å². The molecule has 0 spiro atoms. The largest absolute Gasteiger partial charge is 0.455 e. The van der Waals surface area contributed by atoms with Crippen molar-refractivity contribution in [1.29, 1.82) is 0 Å². The maximum absolute atomic E-state index is 6.44. The van der Waals surface area contributed by atoms with E-state index in [0.717, 1.165) is 21.9 Å². The van der Waals surface area contributed by atoms with Gasteiger partial charge in [-0.3, -0.25) is 0 Å². The van der Waals surface area contributed by atoms with Crippen LogP contribution in [0.5, 0.6) is 0 Å². The third-order valence-corrected chi connectivity index (χ3v) is 9.50. The Balaban J connectivity index is 1.30. The van der Waals surface area contributed by atoms with Gasteiger partial charge in [-0.25, -0.2) is 15.0 Å². The van der Waals surface area contributed by atoms with Crippen molar-refractivity contribution in [2.24, 2.45) is 0 Å². The highest BCUT2D eigenvalue weighted by Crippen LogP contribution is 2.37. The zero-order valence-electron chi connectivity index (χ0n) is 28.2. The lowest BCUT2D eigenvalue weighted by Crippen LogP contribution is -2.55. The average Bonchev–Trinajstić information content (AvgIpc) is 3.57. The monoisotopic (exact) mass is 651 g/mol. The van der Waals surface area contributed by atoms with Crippen molar-refractivity contribution in [2.75, 3.05) is 0 Å². The topological polar surface area (TPSA) is 51.8 Å². The quantitative estimate of drug-likeness (QED) is 0.204. The summed E-state index contributed by atoms with van der Waals surface area (Å²) >= 11 is 0. The van der Waals surface area contributed by atoms with E-state index in [2.05, 4.69) is 0 Å². The van der Waals surface area contributed by atoms with Crippen LogP contribution in [0.15, 0.2) is 95.4 Å². The van der Waals surface area contributed by atoms with E-state index in [1.165, 1.54) is 0 Å². The second kappa shape index (κ2) is 13.3. The zero-order chi connectivity index (χ0) is 37.3. The molecule has 6 aromatic carbocycles. The van der Waals surface area contributed by atoms with Crippen LogP contribution < -0.4 is 54.6 Å². The van der Waals surface area contributed by atoms with Crippen LogP contribution in [0.25, 0.3) is 78.4 Å². The van der Waals surface area contributed by atoms with Gasteiger partial charge in [-0.2, -0.15) is 0 Å². The molecule has 0 saturated carbocycles. The van der Waals surface area contributed by atoms with E-state index in [1.54, 1.807) is 0 Å². The summed E-state index contributed by atoms with van der Waals surface area (Å²) in [7, 11) is 62.6. The Labute approximate surface area is 320 Å². The normalized spacial score (nSPS) is 11.4. The highest BCUT2D eigenvalue weighted by atomic mass is 16.3. The van der Waals surface area contributed by atoms with Crippen LogP contribution in [-0.4, -0.2) is 93.4 Å². The summed E-state index contributed by atoms with van der Waals surface area (Å²) in [5.74, 6) is 1.31. The van der Waals surface area contributed by atoms with Gasteiger partial charge in [-0.05, 0) is 41.0 Å². The highest BCUT2D eigenvalue weighted by Gasteiger charge is 2.20. The molecule has 20 radical (unpaired) electrons. The Morgan fingerprint density at radius 2 is 0.830 bits per heavy atom. The molecule has 0 fully saturated rings. The lowest BCUT2D eigenvalue weighted by molar-refractivity contribution is 0.670. The van der Waals surface area contributed by atoms with E-state index < -0.39 is 0 Å². The van der Waals surface area contributed by atoms with Gasteiger partial charge < -0.3 is 4.42 Å². The number of nitrogens with zero attached hydrogens (tertiary/aromatic N) is 3. The van der Waals surface area contributed by atoms with E-state index in [-0.39, 0.29) is 54.6 Å². The summed E-state index contributed by atoms with van der Waals surface area (Å²) in [6.07, 6.45) is 0. The summed E-state index contributed by atoms with van der Waals surface area (Å²) in [6, 6.07) is 28.5. The van der Waals surface area contributed by atoms with E-state index in [9.17, 15) is 0 Å². The van der Waals surface area contributed by atoms with Crippen molar-refractivity contribution >= 4 is 155 Å². The molecule has 0 saturated heterocycles. The van der Waals surface area contributed by atoms with Crippen molar-refractivity contribution in [2.45, 2.75) is 0 Å². The first kappa shape index (κ1) is 34.8. The van der Waals surface area contributed by atoms with Crippen LogP contribution in [0.3, 0.4) is 0 Å². The number of rotatable bonds is 5. The number of benzene rings is 6. The van der Waals surface area contributed by atoms with Crippen molar-refractivity contribution in [1.82, 2.24) is 15.0 Å². The Morgan fingerprint density at radius 3 is 1.43 bits per heavy atom. The SMILES string of the molecule is [B]c1c([B])c([B])c(-c2cccc(-c3nc(-c4ccccc4)nc(-c4ccc5oc6c(-c7c([B])c([B])c([B])c([B])c7[B])cccc6c5c4)n3)c2)c([B])c1[B]. The van der Waals surface area contributed by atoms with E-state index in [4.69, 9.17) is 97.8 Å². The predicted octanol–water partition coefficient (Wildman–Crippen LogP) is -1.96. The Kier molecular flexibility index (Phi) is 8.76. The second-order valence-electron chi connectivity index (χ2n) is 12.6. The smallest absolute Gasteiger partial charge is 0.164 e. The second-order valence-corrected chi connectivity index (χ2v) is 12.6. The zero-order valence-corrected chi connectivity index (χ0v) is 28.2. The highest BCUT2D eigenvalue weighted by molar-refractivity contribution is 6.70. The van der Waals surface area contributed by atoms with Crippen molar-refractivity contribution in [3.8, 4) is 56.4 Å². The molecule has 0 aliphatic carbocycles. The molecule has 0 atom stereocenters. The Morgan fingerprint density at radius 1 is 0.358 bits per heavy atom. The number of fused-ring (bicyclic) bond motifs is 3. The van der Waals surface area contributed by atoms with Gasteiger partial charge in [0.25, 0.3) is 0 Å². The van der Waals surface area contributed by atoms with Gasteiger partial charge in [-0.15, -0.1) is 32.8 Å². The number of hydrogen-bond acceptors (Lipinski definition) is 4. The molecule has 222 valence electrons. The average molecular weight is 650 g/mol. The first-order valence-electron chi connectivity index (χ1n) is 16.4. The minimum absolute atomic E-state index is 0.136. The molecule has 0 aliphatic heterocycles. The van der Waals surface area contributed by atoms with Crippen molar-refractivity contribution in [3.05, 3.63) is 91.0 Å². The molecule has 0 bridgehead atoms. The van der Waals surface area contributed by atoms with Gasteiger partial charge >= 0.3 is 0 Å². The summed E-state index contributed by atoms with van der Waals surface area (Å²) < 4.78 is 6.41. The summed E-state index contributed by atoms with van der Waals surface area (Å²) in [6.45, 7) is 0. The van der Waals surface area contributed by atoms with E-state index >= 15 is 0 Å². The Bertz CT molecular complexity index is 2750. The molecule has 2 heterocycles. The van der Waals surface area contributed by atoms with Gasteiger partial charge in [0.1, 0.15) is 89.6 Å². The predicted molar refractivity (Wildman–Crippen MR) is 228 cm³/mol. The third-order valence-electron chi connectivity index (χ3n) is 9.50. The van der Waals surface area contributed by atoms with Gasteiger partial charge in [0.05, 0.1) is 0 Å². The molecule has 4 nitrogen and oxygen atoms in total. The lowest BCUT2D eigenvalue weighted by atomic mass is 9.59. The third kappa shape index (κ3) is 5.74. The van der Waals surface area contributed by atoms with Crippen LogP contribution in [-0.2, 0) is 0 Å². The maximum Gasteiger partial charge on any atom is 0.164 e. The molecular formula is C39H15B10N3O. The maximum atomic E-state index is 6.44. The summed E-state index contributed by atoms with van der Waals surface area (Å²) in [5, 5.41) is 1.61. The standard InChI is InChI=1S/C39H15B10N3O/c40-26-24(27(41)31(45)34(48)30(26)44)17-8-4-9-18(14-17)38-50-37(16-6-2-1-3-7-16)51-39(52-38)19-12-13-23-22(15-19)20-10-5-11-21(36(20)53-23)25-28(42)32(46)35(49)33(47)29(25)43/h1-15H. The fourth-order valence-electron chi connectivity index (χ4n) is 6.60. The number of hydrogen-bond donors (Lipinski definition) is 0. The molecule has 0 N–H and O–H groups in total. The Hall–Kier alpha value is -5.22.